The van der Waals surface area contributed by atoms with E-state index >= 15 is 0 Å². The molecule has 0 bridgehead atoms. The molecule has 0 aliphatic heterocycles. The normalized spacial score (nSPS) is 14.8. The van der Waals surface area contributed by atoms with Crippen molar-refractivity contribution in [3.05, 3.63) is 41.5 Å². The summed E-state index contributed by atoms with van der Waals surface area (Å²) in [5.74, 6) is 1.24. The predicted octanol–water partition coefficient (Wildman–Crippen LogP) is 0.672. The average molecular weight is 175 g/mol. The molecule has 1 rings (SSSR count). The van der Waals surface area contributed by atoms with Gasteiger partial charge in [-0.05, 0) is 11.6 Å². The maximum Gasteiger partial charge on any atom is 0.248 e. The fraction of sp³-hybridized carbons (Fsp3) is 0.100. The van der Waals surface area contributed by atoms with E-state index in [0.717, 1.165) is 0 Å². The molecule has 0 aromatic heterocycles. The molecule has 1 aliphatic carbocycles. The molecule has 1 amide bonds. The van der Waals surface area contributed by atoms with Crippen LogP contribution in [0.5, 0.6) is 0 Å². The first-order valence-electron chi connectivity index (χ1n) is 3.76. The minimum absolute atomic E-state index is 0.265. The lowest BCUT2D eigenvalue weighted by Gasteiger charge is -2.06. The van der Waals surface area contributed by atoms with Gasteiger partial charge in [0.05, 0.1) is 0 Å². The lowest BCUT2D eigenvalue weighted by atomic mass is 9.98. The molecule has 0 heterocycles. The van der Waals surface area contributed by atoms with Gasteiger partial charge in [-0.2, -0.15) is 0 Å². The number of amides is 1. The molecule has 66 valence electrons. The quantitative estimate of drug-likeness (QED) is 0.495. The van der Waals surface area contributed by atoms with Crippen molar-refractivity contribution in [3.63, 3.8) is 0 Å². The van der Waals surface area contributed by atoms with Gasteiger partial charge in [-0.15, -0.1) is 0 Å². The molecule has 0 fully saturated rings. The highest BCUT2D eigenvalue weighted by Gasteiger charge is 2.08. The predicted molar refractivity (Wildman–Crippen MR) is 49.4 cm³/mol. The Hall–Kier alpha value is -1.86. The van der Waals surface area contributed by atoms with Gasteiger partial charge < -0.3 is 5.73 Å². The highest BCUT2D eigenvalue weighted by atomic mass is 16.1. The van der Waals surface area contributed by atoms with Crippen molar-refractivity contribution in [2.45, 2.75) is 6.42 Å². The molecule has 0 aromatic rings. The zero-order valence-corrected chi connectivity index (χ0v) is 7.04. The summed E-state index contributed by atoms with van der Waals surface area (Å²) in [5, 5.41) is 0. The van der Waals surface area contributed by atoms with Crippen LogP contribution in [0.15, 0.2) is 41.5 Å². The third-order valence-corrected chi connectivity index (χ3v) is 1.78. The molecule has 13 heavy (non-hydrogen) atoms. The Labute approximate surface area is 75.9 Å². The molecule has 0 saturated carbocycles. The minimum atomic E-state index is -0.547. The number of nitrogens with two attached hydrogens (primary N) is 1. The molecule has 0 saturated heterocycles. The third kappa shape index (κ3) is 2.04. The molecule has 2 N–H and O–H groups in total. The second-order valence-corrected chi connectivity index (χ2v) is 2.67. The van der Waals surface area contributed by atoms with Gasteiger partial charge >= 0.3 is 0 Å². The summed E-state index contributed by atoms with van der Waals surface area (Å²) in [4.78, 5) is 20.9. The van der Waals surface area contributed by atoms with Crippen LogP contribution in [0.2, 0.25) is 0 Å². The summed E-state index contributed by atoms with van der Waals surface area (Å²) in [6.07, 6.45) is 5.45. The van der Waals surface area contributed by atoms with Crippen molar-refractivity contribution >= 4 is 11.8 Å². The maximum absolute atomic E-state index is 10.7. The Morgan fingerprint density at radius 1 is 1.54 bits per heavy atom. The van der Waals surface area contributed by atoms with E-state index in [1.165, 1.54) is 0 Å². The molecule has 0 atom stereocenters. The maximum atomic E-state index is 10.7. The number of carbonyl (C=O) groups is 1. The van der Waals surface area contributed by atoms with Gasteiger partial charge in [-0.3, -0.25) is 4.79 Å². The van der Waals surface area contributed by atoms with Crippen LogP contribution < -0.4 is 5.73 Å². The fourth-order valence-electron chi connectivity index (χ4n) is 0.988. The van der Waals surface area contributed by atoms with E-state index in [4.69, 9.17) is 5.73 Å². The molecular formula is C10H9NO2. The summed E-state index contributed by atoms with van der Waals surface area (Å²) in [6.45, 7) is 3.53. The number of allylic oxidation sites excluding steroid dienone is 4. The van der Waals surface area contributed by atoms with Crippen LogP contribution in [-0.4, -0.2) is 11.8 Å². The molecule has 0 spiro atoms. The first-order valence-corrected chi connectivity index (χ1v) is 3.76. The first-order chi connectivity index (χ1) is 6.15. The number of primary amides is 1. The number of hydrogen-bond donors (Lipinski definition) is 1. The summed E-state index contributed by atoms with van der Waals surface area (Å²) in [6, 6.07) is 0. The fourth-order valence-corrected chi connectivity index (χ4v) is 0.988. The van der Waals surface area contributed by atoms with Gasteiger partial charge in [0.1, 0.15) is 5.94 Å². The van der Waals surface area contributed by atoms with E-state index in [9.17, 15) is 9.59 Å². The van der Waals surface area contributed by atoms with Crippen molar-refractivity contribution in [1.29, 1.82) is 0 Å². The average Bonchev–Trinajstić information content (AvgIpc) is 2.17. The van der Waals surface area contributed by atoms with E-state index in [1.54, 1.807) is 24.2 Å². The van der Waals surface area contributed by atoms with E-state index in [1.807, 2.05) is 0 Å². The van der Waals surface area contributed by atoms with Crippen LogP contribution in [-0.2, 0) is 9.59 Å². The molecule has 1 aliphatic rings. The van der Waals surface area contributed by atoms with Crippen LogP contribution in [0.25, 0.3) is 0 Å². The highest BCUT2D eigenvalue weighted by Crippen LogP contribution is 2.18. The molecule has 3 nitrogen and oxygen atoms in total. The molecule has 0 aromatic carbocycles. The summed E-state index contributed by atoms with van der Waals surface area (Å²) in [5.41, 5.74) is 6.53. The first kappa shape index (κ1) is 9.23. The van der Waals surface area contributed by atoms with Crippen molar-refractivity contribution in [1.82, 2.24) is 0 Å². The van der Waals surface area contributed by atoms with E-state index < -0.39 is 5.91 Å². The van der Waals surface area contributed by atoms with E-state index in [2.05, 4.69) is 6.58 Å². The van der Waals surface area contributed by atoms with Crippen LogP contribution in [0.3, 0.4) is 0 Å². The van der Waals surface area contributed by atoms with E-state index in [0.29, 0.717) is 17.6 Å². The van der Waals surface area contributed by atoms with Crippen LogP contribution in [0.4, 0.5) is 0 Å². The Balaban J connectivity index is 2.85. The molecular weight excluding hydrogens is 166 g/mol. The topological polar surface area (TPSA) is 60.2 Å². The SMILES string of the molecule is C=C(C(N)=O)C1=CCC(=C=O)C=C1. The third-order valence-electron chi connectivity index (χ3n) is 1.78. The molecule has 0 unspecified atom stereocenters. The van der Waals surface area contributed by atoms with Crippen molar-refractivity contribution in [3.8, 4) is 0 Å². The zero-order valence-electron chi connectivity index (χ0n) is 7.04. The van der Waals surface area contributed by atoms with Crippen LogP contribution >= 0.6 is 0 Å². The summed E-state index contributed by atoms with van der Waals surface area (Å²) in [7, 11) is 0. The van der Waals surface area contributed by atoms with Crippen molar-refractivity contribution in [2.24, 2.45) is 5.73 Å². The second-order valence-electron chi connectivity index (χ2n) is 2.67. The van der Waals surface area contributed by atoms with Crippen molar-refractivity contribution < 1.29 is 9.59 Å². The molecule has 0 radical (unpaired) electrons. The number of rotatable bonds is 2. The number of hydrogen-bond acceptors (Lipinski definition) is 2. The highest BCUT2D eigenvalue weighted by molar-refractivity contribution is 5.96. The Kier molecular flexibility index (Phi) is 2.62. The van der Waals surface area contributed by atoms with Gasteiger partial charge in [0, 0.05) is 17.6 Å². The van der Waals surface area contributed by atoms with Crippen LogP contribution in [0.1, 0.15) is 6.42 Å². The van der Waals surface area contributed by atoms with Crippen LogP contribution in [0, 0.1) is 0 Å². The number of carbonyl (C=O) groups excluding carboxylic acids is 2. The van der Waals surface area contributed by atoms with Gasteiger partial charge in [-0.1, -0.05) is 18.7 Å². The lowest BCUT2D eigenvalue weighted by Crippen LogP contribution is -2.14. The van der Waals surface area contributed by atoms with E-state index in [-0.39, 0.29) is 5.57 Å². The Morgan fingerprint density at radius 3 is 2.62 bits per heavy atom. The lowest BCUT2D eigenvalue weighted by molar-refractivity contribution is -0.114. The van der Waals surface area contributed by atoms with Gasteiger partial charge in [0.2, 0.25) is 5.91 Å². The largest absolute Gasteiger partial charge is 0.366 e. The van der Waals surface area contributed by atoms with Gasteiger partial charge in [0.15, 0.2) is 0 Å². The Bertz CT molecular complexity index is 368. The Morgan fingerprint density at radius 2 is 2.23 bits per heavy atom. The zero-order chi connectivity index (χ0) is 9.84. The summed E-state index contributed by atoms with van der Waals surface area (Å²) >= 11 is 0. The standard InChI is InChI=1S/C10H9NO2/c1-7(10(11)13)9-4-2-8(6-12)3-5-9/h2,4-5H,1,3H2,(H2,11,13). The van der Waals surface area contributed by atoms with Crippen molar-refractivity contribution in [2.75, 3.05) is 0 Å². The second kappa shape index (κ2) is 3.70. The molecule has 3 heteroatoms. The monoisotopic (exact) mass is 175 g/mol. The minimum Gasteiger partial charge on any atom is -0.366 e. The van der Waals surface area contributed by atoms with Gasteiger partial charge in [-0.25, -0.2) is 4.79 Å². The summed E-state index contributed by atoms with van der Waals surface area (Å²) < 4.78 is 0. The smallest absolute Gasteiger partial charge is 0.248 e. The van der Waals surface area contributed by atoms with Gasteiger partial charge in [0.25, 0.3) is 0 Å².